The summed E-state index contributed by atoms with van der Waals surface area (Å²) in [4.78, 5) is 39.7. The van der Waals surface area contributed by atoms with E-state index in [9.17, 15) is 14.4 Å². The minimum absolute atomic E-state index is 0.0566. The second kappa shape index (κ2) is 11.4. The van der Waals surface area contributed by atoms with Crippen molar-refractivity contribution in [1.29, 1.82) is 0 Å². The number of ketones is 1. The first-order valence-corrected chi connectivity index (χ1v) is 13.7. The Morgan fingerprint density at radius 2 is 1.68 bits per heavy atom. The maximum atomic E-state index is 15.3. The molecule has 1 saturated heterocycles. The molecule has 7 nitrogen and oxygen atoms in total. The zero-order valence-electron chi connectivity index (χ0n) is 22.5. The lowest BCUT2D eigenvalue weighted by Gasteiger charge is -2.33. The van der Waals surface area contributed by atoms with Crippen molar-refractivity contribution in [2.24, 2.45) is 17.8 Å². The Hall–Kier alpha value is -2.64. The molecule has 37 heavy (non-hydrogen) atoms. The third-order valence-electron chi connectivity index (χ3n) is 7.56. The summed E-state index contributed by atoms with van der Waals surface area (Å²) in [6.07, 6.45) is 5.17. The number of carbonyl (C=O) groups excluding carboxylic acids is 3. The number of Topliss-reactive ketones (excluding diaryl/α,β-unsaturated/α-hetero) is 1. The number of rotatable bonds is 8. The molecule has 2 aliphatic carbocycles. The average Bonchev–Trinajstić information content (AvgIpc) is 3.56. The molecule has 0 N–H and O–H groups in total. The van der Waals surface area contributed by atoms with Gasteiger partial charge in [-0.15, -0.1) is 0 Å². The predicted molar refractivity (Wildman–Crippen MR) is 136 cm³/mol. The number of carbonyl (C=O) groups is 3. The van der Waals surface area contributed by atoms with Crippen LogP contribution in [0.1, 0.15) is 94.5 Å². The zero-order valence-corrected chi connectivity index (χ0v) is 22.5. The van der Waals surface area contributed by atoms with Crippen LogP contribution < -0.4 is 4.74 Å². The molecule has 1 heterocycles. The number of nitrogens with zero attached hydrogens (tertiary/aromatic N) is 1. The number of ether oxygens (including phenoxy) is 3. The molecule has 204 valence electrons. The fourth-order valence-corrected chi connectivity index (χ4v) is 5.42. The third-order valence-corrected chi connectivity index (χ3v) is 7.56. The van der Waals surface area contributed by atoms with Crippen molar-refractivity contribution in [3.05, 3.63) is 29.1 Å². The van der Waals surface area contributed by atoms with Gasteiger partial charge in [0.05, 0.1) is 24.7 Å². The van der Waals surface area contributed by atoms with Crippen molar-refractivity contribution < 1.29 is 33.0 Å². The Morgan fingerprint density at radius 3 is 2.30 bits per heavy atom. The molecule has 2 atom stereocenters. The van der Waals surface area contributed by atoms with Crippen LogP contribution in [0.2, 0.25) is 0 Å². The Morgan fingerprint density at radius 1 is 1.00 bits per heavy atom. The highest BCUT2D eigenvalue weighted by Crippen LogP contribution is 2.46. The van der Waals surface area contributed by atoms with E-state index in [-0.39, 0.29) is 41.9 Å². The highest BCUT2D eigenvalue weighted by atomic mass is 19.1. The normalized spacial score (nSPS) is 22.6. The third kappa shape index (κ3) is 6.82. The van der Waals surface area contributed by atoms with Crippen molar-refractivity contribution in [2.75, 3.05) is 26.3 Å². The van der Waals surface area contributed by atoms with Gasteiger partial charge in [0.25, 0.3) is 0 Å². The van der Waals surface area contributed by atoms with Crippen LogP contribution in [-0.2, 0) is 14.3 Å². The van der Waals surface area contributed by atoms with Crippen molar-refractivity contribution >= 4 is 17.8 Å². The van der Waals surface area contributed by atoms with Gasteiger partial charge in [0.2, 0.25) is 0 Å². The minimum Gasteiger partial charge on any atom is -0.493 e. The molecule has 1 aromatic carbocycles. The summed E-state index contributed by atoms with van der Waals surface area (Å²) in [5.41, 5.74) is 0.411. The van der Waals surface area contributed by atoms with E-state index in [1.807, 2.05) is 20.8 Å². The van der Waals surface area contributed by atoms with Gasteiger partial charge in [-0.25, -0.2) is 9.18 Å². The van der Waals surface area contributed by atoms with E-state index in [0.717, 1.165) is 37.7 Å². The number of halogens is 1. The Bertz CT molecular complexity index is 1010. The fourth-order valence-electron chi connectivity index (χ4n) is 5.42. The molecule has 0 aromatic heterocycles. The molecular formula is C29H40FNO6. The molecule has 0 bridgehead atoms. The number of piperidine rings is 1. The van der Waals surface area contributed by atoms with Gasteiger partial charge in [-0.2, -0.15) is 0 Å². The van der Waals surface area contributed by atoms with Gasteiger partial charge in [-0.05, 0) is 89.7 Å². The molecule has 1 aliphatic heterocycles. The number of hydrogen-bond acceptors (Lipinski definition) is 6. The molecule has 1 aromatic rings. The van der Waals surface area contributed by atoms with Crippen LogP contribution >= 0.6 is 0 Å². The number of amides is 1. The van der Waals surface area contributed by atoms with Crippen LogP contribution in [-0.4, -0.2) is 54.7 Å². The first-order chi connectivity index (χ1) is 17.6. The lowest BCUT2D eigenvalue weighted by atomic mass is 9.87. The van der Waals surface area contributed by atoms with Crippen LogP contribution in [0, 0.1) is 23.6 Å². The van der Waals surface area contributed by atoms with E-state index in [1.165, 1.54) is 6.07 Å². The summed E-state index contributed by atoms with van der Waals surface area (Å²) in [6.45, 7) is 9.21. The number of hydrogen-bond donors (Lipinski definition) is 0. The SMILES string of the molecule is CCOC(=O)C1CCCC1C(=O)c1cc(C2CC2)c(OCC2CCN(C(=O)OC(C)(C)C)CC2)cc1F. The van der Waals surface area contributed by atoms with Gasteiger partial charge in [0.15, 0.2) is 5.78 Å². The van der Waals surface area contributed by atoms with Crippen molar-refractivity contribution in [1.82, 2.24) is 4.90 Å². The highest BCUT2D eigenvalue weighted by molar-refractivity contribution is 6.01. The molecular weight excluding hydrogens is 477 g/mol. The van der Waals surface area contributed by atoms with E-state index in [4.69, 9.17) is 14.2 Å². The van der Waals surface area contributed by atoms with Crippen LogP contribution in [0.15, 0.2) is 12.1 Å². The summed E-state index contributed by atoms with van der Waals surface area (Å²) in [7, 11) is 0. The molecule has 4 rings (SSSR count). The standard InChI is InChI=1S/C29H40FNO6/c1-5-35-27(33)21-8-6-7-20(21)26(32)23-15-22(19-9-10-19)25(16-24(23)30)36-17-18-11-13-31(14-12-18)28(34)37-29(2,3)4/h15-16,18-21H,5-14,17H2,1-4H3. The summed E-state index contributed by atoms with van der Waals surface area (Å²) >= 11 is 0. The van der Waals surface area contributed by atoms with Crippen molar-refractivity contribution in [2.45, 2.75) is 84.2 Å². The monoisotopic (exact) mass is 517 g/mol. The maximum Gasteiger partial charge on any atom is 0.410 e. The fraction of sp³-hybridized carbons (Fsp3) is 0.690. The summed E-state index contributed by atoms with van der Waals surface area (Å²) < 4.78 is 32.0. The number of esters is 1. The lowest BCUT2D eigenvalue weighted by Crippen LogP contribution is -2.42. The average molecular weight is 518 g/mol. The van der Waals surface area contributed by atoms with Crippen molar-refractivity contribution in [3.63, 3.8) is 0 Å². The molecule has 3 aliphatic rings. The lowest BCUT2D eigenvalue weighted by molar-refractivity contribution is -0.148. The quantitative estimate of drug-likeness (QED) is 0.316. The van der Waals surface area contributed by atoms with Crippen LogP contribution in [0.3, 0.4) is 0 Å². The van der Waals surface area contributed by atoms with Gasteiger partial charge in [-0.3, -0.25) is 9.59 Å². The summed E-state index contributed by atoms with van der Waals surface area (Å²) in [6, 6.07) is 3.02. The minimum atomic E-state index is -0.598. The van der Waals surface area contributed by atoms with Crippen LogP contribution in [0.25, 0.3) is 0 Å². The van der Waals surface area contributed by atoms with E-state index < -0.39 is 23.3 Å². The van der Waals surface area contributed by atoms with Crippen molar-refractivity contribution in [3.8, 4) is 5.75 Å². The largest absolute Gasteiger partial charge is 0.493 e. The number of benzene rings is 1. The molecule has 0 radical (unpaired) electrons. The van der Waals surface area contributed by atoms with Crippen LogP contribution in [0.5, 0.6) is 5.75 Å². The highest BCUT2D eigenvalue weighted by Gasteiger charge is 2.40. The Balaban J connectivity index is 1.40. The van der Waals surface area contributed by atoms with Gasteiger partial charge in [0.1, 0.15) is 17.2 Å². The molecule has 3 fully saturated rings. The van der Waals surface area contributed by atoms with E-state index in [0.29, 0.717) is 38.3 Å². The molecule has 2 unspecified atom stereocenters. The summed E-state index contributed by atoms with van der Waals surface area (Å²) in [5, 5.41) is 0. The first-order valence-electron chi connectivity index (χ1n) is 13.7. The number of likely N-dealkylation sites (tertiary alicyclic amines) is 1. The second-order valence-electron chi connectivity index (χ2n) is 11.6. The van der Waals surface area contributed by atoms with Crippen LogP contribution in [0.4, 0.5) is 9.18 Å². The second-order valence-corrected chi connectivity index (χ2v) is 11.6. The van der Waals surface area contributed by atoms with Gasteiger partial charge < -0.3 is 19.1 Å². The Labute approximate surface area is 219 Å². The maximum absolute atomic E-state index is 15.3. The molecule has 8 heteroatoms. The van der Waals surface area contributed by atoms with E-state index in [1.54, 1.807) is 17.9 Å². The van der Waals surface area contributed by atoms with E-state index in [2.05, 4.69) is 0 Å². The zero-order chi connectivity index (χ0) is 26.7. The smallest absolute Gasteiger partial charge is 0.410 e. The topological polar surface area (TPSA) is 82.1 Å². The molecule has 2 saturated carbocycles. The summed E-state index contributed by atoms with van der Waals surface area (Å²) in [5.74, 6) is -1.30. The van der Waals surface area contributed by atoms with Gasteiger partial charge in [0, 0.05) is 25.1 Å². The van der Waals surface area contributed by atoms with Gasteiger partial charge >= 0.3 is 12.1 Å². The Kier molecular flexibility index (Phi) is 8.44. The predicted octanol–water partition coefficient (Wildman–Crippen LogP) is 5.89. The first kappa shape index (κ1) is 27.4. The van der Waals surface area contributed by atoms with Gasteiger partial charge in [-0.1, -0.05) is 6.42 Å². The molecule has 0 spiro atoms. The van der Waals surface area contributed by atoms with E-state index >= 15 is 4.39 Å². The molecule has 1 amide bonds.